The average Bonchev–Trinajstić information content (AvgIpc) is 3.28. The van der Waals surface area contributed by atoms with Crippen molar-refractivity contribution >= 4 is 45.3 Å². The molecule has 0 saturated carbocycles. The van der Waals surface area contributed by atoms with Crippen molar-refractivity contribution in [2.45, 2.75) is 13.8 Å². The van der Waals surface area contributed by atoms with Gasteiger partial charge in [0.1, 0.15) is 11.6 Å². The average molecular weight is 538 g/mol. The van der Waals surface area contributed by atoms with E-state index in [9.17, 15) is 9.18 Å². The lowest BCUT2D eigenvalue weighted by Gasteiger charge is -2.34. The third-order valence-electron chi connectivity index (χ3n) is 7.75. The van der Waals surface area contributed by atoms with E-state index in [1.165, 1.54) is 12.1 Å². The van der Waals surface area contributed by atoms with E-state index >= 15 is 0 Å². The number of H-pyrrole nitrogens is 1. The van der Waals surface area contributed by atoms with Crippen molar-refractivity contribution in [1.29, 1.82) is 0 Å². The predicted molar refractivity (Wildman–Crippen MR) is 160 cm³/mol. The Hall–Kier alpha value is -4.50. The maximum Gasteiger partial charge on any atom is 0.258 e. The van der Waals surface area contributed by atoms with Crippen LogP contribution in [0.15, 0.2) is 65.6 Å². The number of benzene rings is 2. The van der Waals surface area contributed by atoms with Gasteiger partial charge in [-0.15, -0.1) is 0 Å². The smallest absolute Gasteiger partial charge is 0.258 e. The van der Waals surface area contributed by atoms with Crippen LogP contribution < -0.4 is 15.8 Å². The van der Waals surface area contributed by atoms with Gasteiger partial charge in [0, 0.05) is 57.3 Å². The van der Waals surface area contributed by atoms with Crippen LogP contribution in [0.25, 0.3) is 27.9 Å². The highest BCUT2D eigenvalue weighted by atomic mass is 19.1. The lowest BCUT2D eigenvalue weighted by Crippen LogP contribution is -2.46. The first-order chi connectivity index (χ1) is 19.4. The van der Waals surface area contributed by atoms with E-state index in [2.05, 4.69) is 37.2 Å². The molecule has 9 heteroatoms. The second-order valence-corrected chi connectivity index (χ2v) is 10.3. The molecule has 0 aliphatic carbocycles. The van der Waals surface area contributed by atoms with E-state index in [0.717, 1.165) is 77.5 Å². The maximum atomic E-state index is 13.6. The summed E-state index contributed by atoms with van der Waals surface area (Å²) >= 11 is 0. The Bertz CT molecular complexity index is 1780. The number of aryl methyl sites for hydroxylation is 3. The lowest BCUT2D eigenvalue weighted by atomic mass is 10.0. The molecule has 0 spiro atoms. The Kier molecular flexibility index (Phi) is 6.81. The number of piperazine rings is 1. The number of anilines is 3. The summed E-state index contributed by atoms with van der Waals surface area (Å²) in [6, 6.07) is 14.5. The van der Waals surface area contributed by atoms with E-state index in [1.807, 2.05) is 62.0 Å². The van der Waals surface area contributed by atoms with Gasteiger partial charge >= 0.3 is 0 Å². The third kappa shape index (κ3) is 4.84. The number of rotatable bonds is 6. The predicted octanol–water partition coefficient (Wildman–Crippen LogP) is 5.14. The highest BCUT2D eigenvalue weighted by molar-refractivity contribution is 6.06. The zero-order valence-electron chi connectivity index (χ0n) is 22.9. The normalized spacial score (nSPS) is 14.6. The summed E-state index contributed by atoms with van der Waals surface area (Å²) in [6.45, 7) is 8.49. The van der Waals surface area contributed by atoms with Crippen molar-refractivity contribution in [1.82, 2.24) is 24.4 Å². The molecule has 1 aliphatic rings. The van der Waals surface area contributed by atoms with E-state index < -0.39 is 0 Å². The molecule has 4 heterocycles. The third-order valence-corrected chi connectivity index (χ3v) is 7.75. The van der Waals surface area contributed by atoms with Gasteiger partial charge in [0.15, 0.2) is 0 Å². The second-order valence-electron chi connectivity index (χ2n) is 10.3. The number of hydrogen-bond donors (Lipinski definition) is 2. The van der Waals surface area contributed by atoms with Crippen LogP contribution >= 0.6 is 0 Å². The molecule has 1 aliphatic heterocycles. The van der Waals surface area contributed by atoms with Crippen molar-refractivity contribution < 1.29 is 4.39 Å². The number of nitrogens with one attached hydrogen (secondary N) is 2. The minimum absolute atomic E-state index is 0.151. The molecule has 204 valence electrons. The number of halogens is 1. The lowest BCUT2D eigenvalue weighted by molar-refractivity contribution is 0.283. The summed E-state index contributed by atoms with van der Waals surface area (Å²) in [5.41, 5.74) is 4.68. The van der Waals surface area contributed by atoms with Crippen LogP contribution in [0.1, 0.15) is 16.8 Å². The number of aromatic nitrogens is 4. The molecular formula is C31H32FN7O. The molecule has 0 amide bonds. The Balaban J connectivity index is 1.23. The molecule has 8 nitrogen and oxygen atoms in total. The molecule has 40 heavy (non-hydrogen) atoms. The number of hydrogen-bond acceptors (Lipinski definition) is 6. The first-order valence-electron chi connectivity index (χ1n) is 13.5. The Labute approximate surface area is 231 Å². The van der Waals surface area contributed by atoms with Gasteiger partial charge in [-0.3, -0.25) is 9.69 Å². The molecule has 1 saturated heterocycles. The van der Waals surface area contributed by atoms with Gasteiger partial charge in [0.2, 0.25) is 5.95 Å². The molecule has 1 fully saturated rings. The molecule has 0 unspecified atom stereocenters. The van der Waals surface area contributed by atoms with Crippen LogP contribution in [0.4, 0.5) is 21.8 Å². The summed E-state index contributed by atoms with van der Waals surface area (Å²) in [4.78, 5) is 30.4. The monoisotopic (exact) mass is 537 g/mol. The number of nitrogens with zero attached hydrogens (tertiary/aromatic N) is 5. The zero-order chi connectivity index (χ0) is 27.8. The van der Waals surface area contributed by atoms with Gasteiger partial charge in [-0.25, -0.2) is 14.4 Å². The first kappa shape index (κ1) is 25.8. The molecule has 5 aromatic rings. The van der Waals surface area contributed by atoms with E-state index in [4.69, 9.17) is 4.98 Å². The van der Waals surface area contributed by atoms with Crippen molar-refractivity contribution in [3.8, 4) is 0 Å². The standard InChI is InChI=1S/C31H32FN7O/c1-20-19-22(32)9-11-24(20)35-31-36-26-12-10-23-21(2)25(34-30(40)28(23)29(26)37(31)3)7-6-14-38-15-17-39(18-16-38)27-8-4-5-13-33-27/h4-13,19H,14-18H2,1-3H3,(H,34,40)(H,35,36). The molecule has 2 aromatic carbocycles. The van der Waals surface area contributed by atoms with Crippen LogP contribution in [0, 0.1) is 19.7 Å². The highest BCUT2D eigenvalue weighted by Gasteiger charge is 2.18. The summed E-state index contributed by atoms with van der Waals surface area (Å²) < 4.78 is 15.5. The SMILES string of the molecule is Cc1cc(F)ccc1Nc1nc2ccc3c(C)c(C=CCN4CCN(c5ccccn5)CC4)[nH]c(=O)c3c2n1C. The number of aromatic amines is 1. The molecule has 6 rings (SSSR count). The minimum Gasteiger partial charge on any atom is -0.354 e. The van der Waals surface area contributed by atoms with Gasteiger partial charge < -0.3 is 19.8 Å². The Morgan fingerprint density at radius 3 is 2.65 bits per heavy atom. The van der Waals surface area contributed by atoms with E-state index in [1.54, 1.807) is 6.07 Å². The topological polar surface area (TPSA) is 82.1 Å². The van der Waals surface area contributed by atoms with Crippen molar-refractivity contribution in [2.24, 2.45) is 7.05 Å². The molecule has 3 aromatic heterocycles. The fourth-order valence-corrected chi connectivity index (χ4v) is 5.46. The van der Waals surface area contributed by atoms with Crippen LogP contribution in [0.5, 0.6) is 0 Å². The van der Waals surface area contributed by atoms with E-state index in [-0.39, 0.29) is 11.4 Å². The number of pyridine rings is 2. The quantitative estimate of drug-likeness (QED) is 0.312. The summed E-state index contributed by atoms with van der Waals surface area (Å²) in [7, 11) is 1.88. The summed E-state index contributed by atoms with van der Waals surface area (Å²) in [6.07, 6.45) is 5.97. The summed E-state index contributed by atoms with van der Waals surface area (Å²) in [5, 5.41) is 4.79. The molecule has 2 N–H and O–H groups in total. The van der Waals surface area contributed by atoms with Crippen molar-refractivity contribution in [3.05, 3.63) is 93.8 Å². The fraction of sp³-hybridized carbons (Fsp3) is 0.258. The van der Waals surface area contributed by atoms with E-state index in [0.29, 0.717) is 11.3 Å². The fourth-order valence-electron chi connectivity index (χ4n) is 5.46. The minimum atomic E-state index is -0.283. The second kappa shape index (κ2) is 10.6. The van der Waals surface area contributed by atoms with Gasteiger partial charge in [0.05, 0.1) is 16.4 Å². The maximum absolute atomic E-state index is 13.6. The highest BCUT2D eigenvalue weighted by Crippen LogP contribution is 2.30. The van der Waals surface area contributed by atoms with Crippen LogP contribution in [-0.2, 0) is 7.05 Å². The Morgan fingerprint density at radius 1 is 1.07 bits per heavy atom. The Morgan fingerprint density at radius 2 is 1.90 bits per heavy atom. The summed E-state index contributed by atoms with van der Waals surface area (Å²) in [5.74, 6) is 1.33. The van der Waals surface area contributed by atoms with Gasteiger partial charge in [-0.1, -0.05) is 18.2 Å². The van der Waals surface area contributed by atoms with Crippen molar-refractivity contribution in [2.75, 3.05) is 42.9 Å². The van der Waals surface area contributed by atoms with Crippen LogP contribution in [0.3, 0.4) is 0 Å². The van der Waals surface area contributed by atoms with Gasteiger partial charge in [-0.05, 0) is 72.8 Å². The molecule has 0 bridgehead atoms. The molecule has 0 atom stereocenters. The van der Waals surface area contributed by atoms with Crippen molar-refractivity contribution in [3.63, 3.8) is 0 Å². The van der Waals surface area contributed by atoms with Gasteiger partial charge in [-0.2, -0.15) is 0 Å². The first-order valence-corrected chi connectivity index (χ1v) is 13.5. The molecular weight excluding hydrogens is 505 g/mol. The largest absolute Gasteiger partial charge is 0.354 e. The zero-order valence-corrected chi connectivity index (χ0v) is 22.9. The molecule has 0 radical (unpaired) electrons. The number of fused-ring (bicyclic) bond motifs is 3. The van der Waals surface area contributed by atoms with Crippen LogP contribution in [0.2, 0.25) is 0 Å². The van der Waals surface area contributed by atoms with Crippen LogP contribution in [-0.4, -0.2) is 57.1 Å². The number of imidazole rings is 1. The van der Waals surface area contributed by atoms with Gasteiger partial charge in [0.25, 0.3) is 5.56 Å².